The van der Waals surface area contributed by atoms with Crippen molar-refractivity contribution in [1.82, 2.24) is 15.0 Å². The van der Waals surface area contributed by atoms with Crippen LogP contribution in [0.4, 0.5) is 0 Å². The van der Waals surface area contributed by atoms with Crippen LogP contribution >= 0.6 is 0 Å². The average Bonchev–Trinajstić information content (AvgIpc) is 2.30. The van der Waals surface area contributed by atoms with Gasteiger partial charge in [-0.1, -0.05) is 6.07 Å². The van der Waals surface area contributed by atoms with Gasteiger partial charge in [0.05, 0.1) is 22.8 Å². The van der Waals surface area contributed by atoms with Gasteiger partial charge in [0, 0.05) is 12.4 Å². The van der Waals surface area contributed by atoms with Crippen LogP contribution in [-0.2, 0) is 0 Å². The SMILES string of the molecule is Cc1nc(C)c(C)nc1C.c1ccncc1. The molecule has 16 heavy (non-hydrogen) atoms. The van der Waals surface area contributed by atoms with Crippen LogP contribution in [0.1, 0.15) is 22.8 Å². The molecule has 0 amide bonds. The fraction of sp³-hybridized carbons (Fsp3) is 0.308. The Morgan fingerprint density at radius 2 is 1.00 bits per heavy atom. The minimum atomic E-state index is 1.03. The summed E-state index contributed by atoms with van der Waals surface area (Å²) in [6.45, 7) is 7.92. The molecule has 0 aromatic carbocycles. The molecule has 0 bridgehead atoms. The van der Waals surface area contributed by atoms with Gasteiger partial charge in [-0.2, -0.15) is 0 Å². The summed E-state index contributed by atoms with van der Waals surface area (Å²) in [6, 6.07) is 5.72. The van der Waals surface area contributed by atoms with Crippen molar-refractivity contribution in [2.45, 2.75) is 27.7 Å². The van der Waals surface area contributed by atoms with E-state index in [1.54, 1.807) is 12.4 Å². The molecular weight excluding hydrogens is 198 g/mol. The van der Waals surface area contributed by atoms with E-state index in [-0.39, 0.29) is 0 Å². The smallest absolute Gasteiger partial charge is 0.0588 e. The van der Waals surface area contributed by atoms with Crippen molar-refractivity contribution in [2.75, 3.05) is 0 Å². The summed E-state index contributed by atoms with van der Waals surface area (Å²) >= 11 is 0. The van der Waals surface area contributed by atoms with Crippen LogP contribution < -0.4 is 0 Å². The number of rotatable bonds is 0. The van der Waals surface area contributed by atoms with Gasteiger partial charge < -0.3 is 0 Å². The fourth-order valence-corrected chi connectivity index (χ4v) is 1.14. The van der Waals surface area contributed by atoms with Crippen molar-refractivity contribution in [2.24, 2.45) is 0 Å². The number of aryl methyl sites for hydroxylation is 4. The number of hydrogen-bond donors (Lipinski definition) is 0. The van der Waals surface area contributed by atoms with Gasteiger partial charge in [-0.25, -0.2) is 0 Å². The zero-order valence-corrected chi connectivity index (χ0v) is 10.2. The lowest BCUT2D eigenvalue weighted by atomic mass is 10.3. The first-order chi connectivity index (χ1) is 7.61. The first kappa shape index (κ1) is 12.3. The molecule has 0 spiro atoms. The summed E-state index contributed by atoms with van der Waals surface area (Å²) in [5.74, 6) is 0. The van der Waals surface area contributed by atoms with Crippen LogP contribution in [0, 0.1) is 27.7 Å². The van der Waals surface area contributed by atoms with Crippen LogP contribution in [0.3, 0.4) is 0 Å². The average molecular weight is 215 g/mol. The number of pyridine rings is 1. The van der Waals surface area contributed by atoms with E-state index in [0.717, 1.165) is 22.8 Å². The van der Waals surface area contributed by atoms with Crippen molar-refractivity contribution < 1.29 is 0 Å². The molecule has 0 aliphatic carbocycles. The van der Waals surface area contributed by atoms with Crippen LogP contribution in [-0.4, -0.2) is 15.0 Å². The lowest BCUT2D eigenvalue weighted by molar-refractivity contribution is 0.959. The third kappa shape index (κ3) is 3.77. The highest BCUT2D eigenvalue weighted by Crippen LogP contribution is 2.04. The molecule has 3 heteroatoms. The third-order valence-electron chi connectivity index (χ3n) is 2.28. The quantitative estimate of drug-likeness (QED) is 0.678. The van der Waals surface area contributed by atoms with Crippen molar-refractivity contribution in [3.05, 3.63) is 53.4 Å². The molecule has 2 heterocycles. The highest BCUT2D eigenvalue weighted by atomic mass is 14.8. The molecule has 0 fully saturated rings. The Bertz CT molecular complexity index is 361. The molecule has 3 nitrogen and oxygen atoms in total. The highest BCUT2D eigenvalue weighted by molar-refractivity contribution is 5.16. The summed E-state index contributed by atoms with van der Waals surface area (Å²) in [7, 11) is 0. The Labute approximate surface area is 96.6 Å². The Morgan fingerprint density at radius 1 is 0.625 bits per heavy atom. The second-order valence-corrected chi connectivity index (χ2v) is 3.59. The van der Waals surface area contributed by atoms with Gasteiger partial charge in [0.15, 0.2) is 0 Å². The van der Waals surface area contributed by atoms with Gasteiger partial charge in [0.25, 0.3) is 0 Å². The largest absolute Gasteiger partial charge is 0.265 e. The predicted molar refractivity (Wildman–Crippen MR) is 65.2 cm³/mol. The molecule has 0 saturated heterocycles. The van der Waals surface area contributed by atoms with Crippen LogP contribution in [0.2, 0.25) is 0 Å². The monoisotopic (exact) mass is 215 g/mol. The normalized spacial score (nSPS) is 9.25. The van der Waals surface area contributed by atoms with Crippen LogP contribution in [0.5, 0.6) is 0 Å². The van der Waals surface area contributed by atoms with Crippen molar-refractivity contribution in [1.29, 1.82) is 0 Å². The molecule has 2 rings (SSSR count). The van der Waals surface area contributed by atoms with E-state index in [0.29, 0.717) is 0 Å². The predicted octanol–water partition coefficient (Wildman–Crippen LogP) is 2.79. The first-order valence-corrected chi connectivity index (χ1v) is 5.24. The summed E-state index contributed by atoms with van der Waals surface area (Å²) in [4.78, 5) is 12.4. The summed E-state index contributed by atoms with van der Waals surface area (Å²) in [6.07, 6.45) is 3.50. The highest BCUT2D eigenvalue weighted by Gasteiger charge is 1.98. The van der Waals surface area contributed by atoms with Gasteiger partial charge in [-0.05, 0) is 39.8 Å². The molecule has 0 aliphatic rings. The van der Waals surface area contributed by atoms with Gasteiger partial charge in [-0.3, -0.25) is 15.0 Å². The molecule has 0 unspecified atom stereocenters. The van der Waals surface area contributed by atoms with Crippen molar-refractivity contribution in [3.63, 3.8) is 0 Å². The van der Waals surface area contributed by atoms with E-state index in [4.69, 9.17) is 0 Å². The number of hydrogen-bond acceptors (Lipinski definition) is 3. The molecule has 0 aliphatic heterocycles. The van der Waals surface area contributed by atoms with Gasteiger partial charge in [-0.15, -0.1) is 0 Å². The maximum atomic E-state index is 4.31. The molecule has 0 saturated carbocycles. The van der Waals surface area contributed by atoms with Crippen LogP contribution in [0.15, 0.2) is 30.6 Å². The Balaban J connectivity index is 0.000000181. The molecule has 0 N–H and O–H groups in total. The first-order valence-electron chi connectivity index (χ1n) is 5.24. The van der Waals surface area contributed by atoms with E-state index in [1.165, 1.54) is 0 Å². The molecule has 0 radical (unpaired) electrons. The number of nitrogens with zero attached hydrogens (tertiary/aromatic N) is 3. The van der Waals surface area contributed by atoms with Crippen molar-refractivity contribution in [3.8, 4) is 0 Å². The zero-order valence-electron chi connectivity index (χ0n) is 10.2. The van der Waals surface area contributed by atoms with Gasteiger partial charge in [0.2, 0.25) is 0 Å². The van der Waals surface area contributed by atoms with Crippen LogP contribution in [0.25, 0.3) is 0 Å². The van der Waals surface area contributed by atoms with E-state index >= 15 is 0 Å². The lowest BCUT2D eigenvalue weighted by Crippen LogP contribution is -1.97. The summed E-state index contributed by atoms with van der Waals surface area (Å²) < 4.78 is 0. The Morgan fingerprint density at radius 3 is 1.19 bits per heavy atom. The maximum Gasteiger partial charge on any atom is 0.0588 e. The minimum absolute atomic E-state index is 1.03. The lowest BCUT2D eigenvalue weighted by Gasteiger charge is -2.01. The molecule has 84 valence electrons. The molecule has 2 aromatic rings. The Hall–Kier alpha value is -1.77. The second kappa shape index (κ2) is 5.95. The summed E-state index contributed by atoms with van der Waals surface area (Å²) in [5.41, 5.74) is 4.12. The Kier molecular flexibility index (Phi) is 4.58. The summed E-state index contributed by atoms with van der Waals surface area (Å²) in [5, 5.41) is 0. The maximum absolute atomic E-state index is 4.31. The number of aromatic nitrogens is 3. The zero-order chi connectivity index (χ0) is 12.0. The second-order valence-electron chi connectivity index (χ2n) is 3.59. The van der Waals surface area contributed by atoms with Gasteiger partial charge >= 0.3 is 0 Å². The van der Waals surface area contributed by atoms with Gasteiger partial charge in [0.1, 0.15) is 0 Å². The van der Waals surface area contributed by atoms with Crippen molar-refractivity contribution >= 4 is 0 Å². The molecule has 0 atom stereocenters. The topological polar surface area (TPSA) is 38.7 Å². The van der Waals surface area contributed by atoms with E-state index in [9.17, 15) is 0 Å². The molecular formula is C13H17N3. The molecule has 2 aromatic heterocycles. The minimum Gasteiger partial charge on any atom is -0.265 e. The van der Waals surface area contributed by atoms with E-state index < -0.39 is 0 Å². The standard InChI is InChI=1S/C8H12N2.C5H5N/c1-5-6(2)10-8(4)7(3)9-5;1-2-4-6-5-3-1/h1-4H3;1-5H. The third-order valence-corrected chi connectivity index (χ3v) is 2.28. The van der Waals surface area contributed by atoms with E-state index in [1.807, 2.05) is 45.9 Å². The van der Waals surface area contributed by atoms with E-state index in [2.05, 4.69) is 15.0 Å². The fourth-order valence-electron chi connectivity index (χ4n) is 1.14.